The summed E-state index contributed by atoms with van der Waals surface area (Å²) in [5.41, 5.74) is -1.46. The number of rotatable bonds is 7. The first-order chi connectivity index (χ1) is 22.1. The summed E-state index contributed by atoms with van der Waals surface area (Å²) in [4.78, 5) is 25.8. The third-order valence-corrected chi connectivity index (χ3v) is 7.85. The molecular formula is C30H34O17. The van der Waals surface area contributed by atoms with Gasteiger partial charge in [-0.15, -0.1) is 0 Å². The molecule has 0 bridgehead atoms. The van der Waals surface area contributed by atoms with Gasteiger partial charge in [0.25, 0.3) is 0 Å². The number of aliphatic hydroxyl groups is 5. The zero-order chi connectivity index (χ0) is 34.5. The van der Waals surface area contributed by atoms with Gasteiger partial charge < -0.3 is 73.7 Å². The Bertz CT molecular complexity index is 1700. The van der Waals surface area contributed by atoms with Crippen LogP contribution in [0.5, 0.6) is 34.5 Å². The lowest BCUT2D eigenvalue weighted by atomic mass is 9.99. The maximum Gasteiger partial charge on any atom is 0.303 e. The second kappa shape index (κ2) is 13.0. The van der Waals surface area contributed by atoms with Crippen molar-refractivity contribution in [1.29, 1.82) is 0 Å². The monoisotopic (exact) mass is 666 g/mol. The molecule has 0 spiro atoms. The van der Waals surface area contributed by atoms with Gasteiger partial charge in [0.15, 0.2) is 34.9 Å². The number of ether oxygens (including phenoxy) is 6. The number of aliphatic hydroxyl groups excluding tert-OH is 5. The normalized spacial score (nSPS) is 30.9. The fourth-order valence-corrected chi connectivity index (χ4v) is 5.29. The number of hydrogen-bond acceptors (Lipinski definition) is 17. The molecule has 256 valence electrons. The van der Waals surface area contributed by atoms with Crippen LogP contribution in [0.3, 0.4) is 0 Å². The average Bonchev–Trinajstić information content (AvgIpc) is 3.01. The van der Waals surface area contributed by atoms with Crippen molar-refractivity contribution in [2.75, 3.05) is 7.11 Å². The number of phenols is 3. The van der Waals surface area contributed by atoms with Crippen LogP contribution in [0.15, 0.2) is 33.5 Å². The van der Waals surface area contributed by atoms with Gasteiger partial charge in [-0.05, 0) is 32.0 Å². The van der Waals surface area contributed by atoms with Crippen LogP contribution in [0.2, 0.25) is 0 Å². The van der Waals surface area contributed by atoms with Crippen molar-refractivity contribution in [3.05, 3.63) is 34.5 Å². The molecular weight excluding hydrogens is 632 g/mol. The van der Waals surface area contributed by atoms with Gasteiger partial charge in [-0.2, -0.15) is 0 Å². The lowest BCUT2D eigenvalue weighted by molar-refractivity contribution is -0.273. The second-order valence-corrected chi connectivity index (χ2v) is 11.1. The molecule has 0 aliphatic carbocycles. The van der Waals surface area contributed by atoms with Gasteiger partial charge in [-0.25, -0.2) is 0 Å². The Morgan fingerprint density at radius 2 is 1.43 bits per heavy atom. The van der Waals surface area contributed by atoms with Crippen LogP contribution < -0.4 is 19.6 Å². The largest absolute Gasteiger partial charge is 0.504 e. The number of carbonyl (C=O) groups is 1. The van der Waals surface area contributed by atoms with Crippen LogP contribution in [0.1, 0.15) is 20.8 Å². The number of hydrogen-bond donors (Lipinski definition) is 8. The molecule has 2 aliphatic heterocycles. The molecule has 10 atom stereocenters. The summed E-state index contributed by atoms with van der Waals surface area (Å²) in [5, 5.41) is 82.6. The lowest BCUT2D eigenvalue weighted by Crippen LogP contribution is -2.59. The second-order valence-electron chi connectivity index (χ2n) is 11.1. The summed E-state index contributed by atoms with van der Waals surface area (Å²) in [7, 11) is 1.13. The smallest absolute Gasteiger partial charge is 0.303 e. The van der Waals surface area contributed by atoms with Crippen molar-refractivity contribution in [3.63, 3.8) is 0 Å². The molecule has 17 heteroatoms. The van der Waals surface area contributed by atoms with Gasteiger partial charge in [0, 0.05) is 18.6 Å². The quantitative estimate of drug-likeness (QED) is 0.117. The van der Waals surface area contributed by atoms with E-state index in [0.717, 1.165) is 32.2 Å². The topological polar surface area (TPSA) is 264 Å². The van der Waals surface area contributed by atoms with Crippen LogP contribution in [0, 0.1) is 0 Å². The standard InChI is InChI=1S/C30H34O17/c1-9-18(34)22(38)24(40)29(42-9)47-27-21(37)17-15(45-25(27)12-5-6-13(32)14(33)7-12)8-16(26(41-4)20(17)36)46-30-28(44-11(3)31)23(39)19(35)10(2)43-30/h5-10,18-19,22-24,28-30,32-36,38-40H,1-4H3/t9-,10-,18-,19-,22+,23+,24+,28+,29-,30-/m0/s1. The Hall–Kier alpha value is -4.36. The molecule has 0 radical (unpaired) electrons. The highest BCUT2D eigenvalue weighted by Gasteiger charge is 2.47. The van der Waals surface area contributed by atoms with E-state index in [1.165, 1.54) is 19.9 Å². The van der Waals surface area contributed by atoms with Gasteiger partial charge in [-0.1, -0.05) is 0 Å². The van der Waals surface area contributed by atoms with E-state index in [-0.39, 0.29) is 16.9 Å². The zero-order valence-corrected chi connectivity index (χ0v) is 25.3. The minimum absolute atomic E-state index is 0.0394. The maximum atomic E-state index is 14.0. The van der Waals surface area contributed by atoms with Crippen molar-refractivity contribution in [2.45, 2.75) is 82.2 Å². The summed E-state index contributed by atoms with van der Waals surface area (Å²) in [6.07, 6.45) is -15.1. The van der Waals surface area contributed by atoms with Crippen LogP contribution in [0.4, 0.5) is 0 Å². The van der Waals surface area contributed by atoms with E-state index in [1.54, 1.807) is 0 Å². The summed E-state index contributed by atoms with van der Waals surface area (Å²) >= 11 is 0. The van der Waals surface area contributed by atoms with E-state index in [9.17, 15) is 50.4 Å². The first-order valence-corrected chi connectivity index (χ1v) is 14.3. The van der Waals surface area contributed by atoms with Crippen LogP contribution in [0.25, 0.3) is 22.3 Å². The molecule has 0 unspecified atom stereocenters. The average molecular weight is 667 g/mol. The molecule has 3 aromatic rings. The molecule has 1 aromatic heterocycles. The van der Waals surface area contributed by atoms with Gasteiger partial charge in [0.1, 0.15) is 41.5 Å². The van der Waals surface area contributed by atoms with E-state index >= 15 is 0 Å². The highest BCUT2D eigenvalue weighted by Crippen LogP contribution is 2.46. The first-order valence-electron chi connectivity index (χ1n) is 14.3. The van der Waals surface area contributed by atoms with Crippen LogP contribution in [-0.4, -0.2) is 115 Å². The minimum atomic E-state index is -1.85. The molecule has 17 nitrogen and oxygen atoms in total. The summed E-state index contributed by atoms with van der Waals surface area (Å²) in [5.74, 6) is -4.63. The van der Waals surface area contributed by atoms with Gasteiger partial charge in [-0.3, -0.25) is 9.59 Å². The number of phenolic OH excluding ortho intramolecular Hbond substituents is 3. The van der Waals surface area contributed by atoms with Crippen LogP contribution in [-0.2, 0) is 19.0 Å². The van der Waals surface area contributed by atoms with Crippen molar-refractivity contribution >= 4 is 16.9 Å². The molecule has 2 aromatic carbocycles. The minimum Gasteiger partial charge on any atom is -0.504 e. The van der Waals surface area contributed by atoms with E-state index in [1.807, 2.05) is 0 Å². The predicted octanol–water partition coefficient (Wildman–Crippen LogP) is -0.431. The molecule has 2 aliphatic rings. The Morgan fingerprint density at radius 3 is 2.04 bits per heavy atom. The van der Waals surface area contributed by atoms with E-state index in [0.29, 0.717) is 0 Å². The Labute approximate surface area is 265 Å². The van der Waals surface area contributed by atoms with E-state index < -0.39 is 113 Å². The number of esters is 1. The molecule has 0 saturated carbocycles. The number of aromatic hydroxyl groups is 3. The third-order valence-electron chi connectivity index (χ3n) is 7.85. The zero-order valence-electron chi connectivity index (χ0n) is 25.3. The van der Waals surface area contributed by atoms with Crippen molar-refractivity contribution in [1.82, 2.24) is 0 Å². The SMILES string of the molecule is COc1c(O[C@@H]2O[C@@H](C)[C@H](O)[C@@H](O)[C@H]2OC(C)=O)cc2oc(-c3ccc(O)c(O)c3)c(O[C@@H]3O[C@@H](C)[C@H](O)[C@@H](O)[C@H]3O)c(=O)c2c1O. The molecule has 2 fully saturated rings. The molecule has 47 heavy (non-hydrogen) atoms. The molecule has 8 N–H and O–H groups in total. The van der Waals surface area contributed by atoms with Crippen LogP contribution >= 0.6 is 0 Å². The van der Waals surface area contributed by atoms with Crippen molar-refractivity contribution in [3.8, 4) is 45.8 Å². The molecule has 5 rings (SSSR count). The molecule has 0 amide bonds. The fourth-order valence-electron chi connectivity index (χ4n) is 5.29. The third kappa shape index (κ3) is 6.21. The number of carbonyl (C=O) groups excluding carboxylic acids is 1. The highest BCUT2D eigenvalue weighted by molar-refractivity contribution is 5.91. The highest BCUT2D eigenvalue weighted by atomic mass is 16.7. The van der Waals surface area contributed by atoms with Crippen molar-refractivity contribution in [2.24, 2.45) is 0 Å². The molecule has 2 saturated heterocycles. The Balaban J connectivity index is 1.67. The number of methoxy groups -OCH3 is 1. The van der Waals surface area contributed by atoms with E-state index in [2.05, 4.69) is 0 Å². The fraction of sp³-hybridized carbons (Fsp3) is 0.467. The summed E-state index contributed by atoms with van der Waals surface area (Å²) in [6, 6.07) is 4.47. The number of fused-ring (bicyclic) bond motifs is 1. The first kappa shape index (κ1) is 34.0. The number of benzene rings is 2. The van der Waals surface area contributed by atoms with Gasteiger partial charge >= 0.3 is 5.97 Å². The van der Waals surface area contributed by atoms with Gasteiger partial charge in [0.2, 0.25) is 29.5 Å². The Morgan fingerprint density at radius 1 is 0.787 bits per heavy atom. The summed E-state index contributed by atoms with van der Waals surface area (Å²) in [6.45, 7) is 3.88. The van der Waals surface area contributed by atoms with E-state index in [4.69, 9.17) is 32.8 Å². The summed E-state index contributed by atoms with van der Waals surface area (Å²) < 4.78 is 39.1. The van der Waals surface area contributed by atoms with Crippen molar-refractivity contribution < 1.29 is 78.5 Å². The van der Waals surface area contributed by atoms with Gasteiger partial charge in [0.05, 0.1) is 19.3 Å². The lowest BCUT2D eigenvalue weighted by Gasteiger charge is -2.40. The molecule has 3 heterocycles. The maximum absolute atomic E-state index is 14.0. The predicted molar refractivity (Wildman–Crippen MR) is 155 cm³/mol. The Kier molecular flexibility index (Phi) is 9.43.